The molecule has 0 bridgehead atoms. The quantitative estimate of drug-likeness (QED) is 0.937. The number of nitrogens with zero attached hydrogens (tertiary/aromatic N) is 2. The van der Waals surface area contributed by atoms with Crippen molar-refractivity contribution >= 4 is 27.5 Å². The van der Waals surface area contributed by atoms with Crippen molar-refractivity contribution in [3.05, 3.63) is 28.8 Å². The topological polar surface area (TPSA) is 59.2 Å². The van der Waals surface area contributed by atoms with Crippen LogP contribution in [0.15, 0.2) is 18.3 Å². The molecule has 2 fully saturated rings. The Morgan fingerprint density at radius 1 is 1.22 bits per heavy atom. The first-order chi connectivity index (χ1) is 11.2. The number of hydrogen-bond acceptors (Lipinski definition) is 4. The van der Waals surface area contributed by atoms with Gasteiger partial charge in [-0.2, -0.15) is 0 Å². The lowest BCUT2D eigenvalue weighted by molar-refractivity contribution is 0.100. The van der Waals surface area contributed by atoms with Gasteiger partial charge in [0.05, 0.1) is 4.88 Å². The minimum atomic E-state index is -0.304. The molecule has 1 aliphatic heterocycles. The van der Waals surface area contributed by atoms with Crippen LogP contribution in [0.2, 0.25) is 0 Å². The molecule has 23 heavy (non-hydrogen) atoms. The molecule has 122 valence electrons. The third-order valence-corrected chi connectivity index (χ3v) is 6.65. The predicted molar refractivity (Wildman–Crippen MR) is 93.9 cm³/mol. The third kappa shape index (κ3) is 2.76. The molecule has 5 heteroatoms. The van der Waals surface area contributed by atoms with Gasteiger partial charge in [0.1, 0.15) is 4.83 Å². The van der Waals surface area contributed by atoms with Crippen LogP contribution >= 0.6 is 11.3 Å². The van der Waals surface area contributed by atoms with Crippen LogP contribution < -0.4 is 5.73 Å². The number of likely N-dealkylation sites (tertiary alicyclic amines) is 1. The molecular weight excluding hydrogens is 306 g/mol. The number of hydrogen-bond donors (Lipinski definition) is 1. The largest absolute Gasteiger partial charge is 0.365 e. The fourth-order valence-corrected chi connectivity index (χ4v) is 5.44. The van der Waals surface area contributed by atoms with Crippen molar-refractivity contribution in [1.29, 1.82) is 0 Å². The zero-order valence-corrected chi connectivity index (χ0v) is 14.1. The summed E-state index contributed by atoms with van der Waals surface area (Å²) in [4.78, 5) is 20.6. The monoisotopic (exact) mass is 329 g/mol. The first-order valence-corrected chi connectivity index (χ1v) is 9.47. The molecule has 2 aromatic heterocycles. The number of aromatic nitrogens is 1. The minimum Gasteiger partial charge on any atom is -0.365 e. The standard InChI is InChI=1S/C18H23N3OS/c19-17(22)16-15(14-6-3-9-20-18(14)23-16)12-7-10-21(11-8-12)13-4-1-2-5-13/h3,6,9,12-13H,1-2,4-5,7-8,10-11H2,(H2,19,22). The van der Waals surface area contributed by atoms with Crippen LogP contribution in [-0.4, -0.2) is 34.9 Å². The average molecular weight is 329 g/mol. The van der Waals surface area contributed by atoms with E-state index in [0.29, 0.717) is 5.92 Å². The predicted octanol–water partition coefficient (Wildman–Crippen LogP) is 3.52. The van der Waals surface area contributed by atoms with Crippen molar-refractivity contribution < 1.29 is 4.79 Å². The van der Waals surface area contributed by atoms with E-state index in [2.05, 4.69) is 16.0 Å². The number of carbonyl (C=O) groups excluding carboxylic acids is 1. The maximum Gasteiger partial charge on any atom is 0.259 e. The number of amides is 1. The van der Waals surface area contributed by atoms with Crippen LogP contribution in [-0.2, 0) is 0 Å². The molecule has 1 saturated carbocycles. The zero-order valence-electron chi connectivity index (χ0n) is 13.3. The van der Waals surface area contributed by atoms with Gasteiger partial charge in [-0.15, -0.1) is 11.3 Å². The normalized spacial score (nSPS) is 21.2. The van der Waals surface area contributed by atoms with Crippen molar-refractivity contribution in [2.75, 3.05) is 13.1 Å². The number of rotatable bonds is 3. The molecule has 0 radical (unpaired) electrons. The van der Waals surface area contributed by atoms with Crippen LogP contribution in [0.4, 0.5) is 0 Å². The Bertz CT molecular complexity index is 712. The number of fused-ring (bicyclic) bond motifs is 1. The lowest BCUT2D eigenvalue weighted by atomic mass is 9.87. The highest BCUT2D eigenvalue weighted by atomic mass is 32.1. The van der Waals surface area contributed by atoms with Gasteiger partial charge in [-0.25, -0.2) is 4.98 Å². The van der Waals surface area contributed by atoms with Crippen LogP contribution in [0.1, 0.15) is 59.7 Å². The summed E-state index contributed by atoms with van der Waals surface area (Å²) in [5.74, 6) is 0.134. The first kappa shape index (κ1) is 15.1. The number of nitrogens with two attached hydrogens (primary N) is 1. The maximum absolute atomic E-state index is 11.9. The SMILES string of the molecule is NC(=O)c1sc2ncccc2c1C1CCN(C2CCCC2)CC1. The number of thiophene rings is 1. The van der Waals surface area contributed by atoms with Gasteiger partial charge in [0.15, 0.2) is 0 Å². The second-order valence-corrected chi connectivity index (χ2v) is 7.81. The van der Waals surface area contributed by atoms with E-state index in [0.717, 1.165) is 52.6 Å². The first-order valence-electron chi connectivity index (χ1n) is 8.65. The highest BCUT2D eigenvalue weighted by molar-refractivity contribution is 7.20. The van der Waals surface area contributed by atoms with E-state index < -0.39 is 0 Å². The molecule has 2 aliphatic rings. The molecule has 2 aromatic rings. The van der Waals surface area contributed by atoms with E-state index in [1.165, 1.54) is 37.0 Å². The van der Waals surface area contributed by atoms with Gasteiger partial charge in [0.25, 0.3) is 5.91 Å². The van der Waals surface area contributed by atoms with Gasteiger partial charge in [0, 0.05) is 17.6 Å². The highest BCUT2D eigenvalue weighted by Crippen LogP contribution is 2.40. The highest BCUT2D eigenvalue weighted by Gasteiger charge is 2.31. The third-order valence-electron chi connectivity index (χ3n) is 5.51. The minimum absolute atomic E-state index is 0.304. The Morgan fingerprint density at radius 3 is 2.65 bits per heavy atom. The summed E-state index contributed by atoms with van der Waals surface area (Å²) in [6, 6.07) is 4.84. The number of piperidine rings is 1. The van der Waals surface area contributed by atoms with Crippen LogP contribution in [0.25, 0.3) is 10.2 Å². The summed E-state index contributed by atoms with van der Waals surface area (Å²) in [5.41, 5.74) is 6.81. The number of carbonyl (C=O) groups is 1. The molecule has 3 heterocycles. The summed E-state index contributed by atoms with van der Waals surface area (Å²) in [6.45, 7) is 2.29. The molecule has 0 spiro atoms. The summed E-state index contributed by atoms with van der Waals surface area (Å²) < 4.78 is 0. The van der Waals surface area contributed by atoms with E-state index in [1.54, 1.807) is 6.20 Å². The second kappa shape index (κ2) is 6.21. The smallest absolute Gasteiger partial charge is 0.259 e. The zero-order chi connectivity index (χ0) is 15.8. The fraction of sp³-hybridized carbons (Fsp3) is 0.556. The fourth-order valence-electron chi connectivity index (χ4n) is 4.36. The molecular formula is C18H23N3OS. The number of pyridine rings is 1. The average Bonchev–Trinajstić information content (AvgIpc) is 3.23. The Labute approximate surface area is 140 Å². The Kier molecular flexibility index (Phi) is 4.07. The van der Waals surface area contributed by atoms with Gasteiger partial charge in [-0.1, -0.05) is 18.9 Å². The van der Waals surface area contributed by atoms with Gasteiger partial charge < -0.3 is 10.6 Å². The van der Waals surface area contributed by atoms with Crippen LogP contribution in [0, 0.1) is 0 Å². The maximum atomic E-state index is 11.9. The molecule has 0 aromatic carbocycles. The Hall–Kier alpha value is -1.46. The van der Waals surface area contributed by atoms with Gasteiger partial charge in [0.2, 0.25) is 0 Å². The van der Waals surface area contributed by atoms with E-state index in [9.17, 15) is 4.79 Å². The Balaban J connectivity index is 1.60. The van der Waals surface area contributed by atoms with Crippen molar-refractivity contribution in [2.24, 2.45) is 5.73 Å². The lowest BCUT2D eigenvalue weighted by Crippen LogP contribution is -2.39. The van der Waals surface area contributed by atoms with Crippen LogP contribution in [0.3, 0.4) is 0 Å². The van der Waals surface area contributed by atoms with Gasteiger partial charge in [-0.3, -0.25) is 4.79 Å². The van der Waals surface area contributed by atoms with Gasteiger partial charge in [-0.05, 0) is 56.3 Å². The molecule has 1 saturated heterocycles. The molecule has 4 nitrogen and oxygen atoms in total. The molecule has 1 amide bonds. The molecule has 0 atom stereocenters. The summed E-state index contributed by atoms with van der Waals surface area (Å²) in [7, 11) is 0. The van der Waals surface area contributed by atoms with E-state index in [4.69, 9.17) is 5.73 Å². The molecule has 4 rings (SSSR count). The second-order valence-electron chi connectivity index (χ2n) is 6.81. The van der Waals surface area contributed by atoms with Crippen molar-refractivity contribution in [3.63, 3.8) is 0 Å². The Morgan fingerprint density at radius 2 is 1.96 bits per heavy atom. The van der Waals surface area contributed by atoms with E-state index in [-0.39, 0.29) is 5.91 Å². The number of primary amides is 1. The van der Waals surface area contributed by atoms with Crippen molar-refractivity contribution in [3.8, 4) is 0 Å². The summed E-state index contributed by atoms with van der Waals surface area (Å²) in [6.07, 6.45) is 9.53. The summed E-state index contributed by atoms with van der Waals surface area (Å²) >= 11 is 1.45. The van der Waals surface area contributed by atoms with Crippen LogP contribution in [0.5, 0.6) is 0 Å². The van der Waals surface area contributed by atoms with E-state index in [1.807, 2.05) is 6.07 Å². The van der Waals surface area contributed by atoms with Gasteiger partial charge >= 0.3 is 0 Å². The summed E-state index contributed by atoms with van der Waals surface area (Å²) in [5, 5.41) is 1.13. The molecule has 2 N–H and O–H groups in total. The van der Waals surface area contributed by atoms with Crippen molar-refractivity contribution in [2.45, 2.75) is 50.5 Å². The van der Waals surface area contributed by atoms with E-state index >= 15 is 0 Å². The lowest BCUT2D eigenvalue weighted by Gasteiger charge is -2.36. The molecule has 0 unspecified atom stereocenters. The van der Waals surface area contributed by atoms with Crippen molar-refractivity contribution in [1.82, 2.24) is 9.88 Å². The molecule has 1 aliphatic carbocycles.